The van der Waals surface area contributed by atoms with E-state index in [2.05, 4.69) is 20.9 Å². The molecule has 0 spiro atoms. The van der Waals surface area contributed by atoms with Gasteiger partial charge in [0.15, 0.2) is 0 Å². The van der Waals surface area contributed by atoms with E-state index < -0.39 is 18.4 Å². The molecule has 0 radical (unpaired) electrons. The Morgan fingerprint density at radius 2 is 2.14 bits per heavy atom. The van der Waals surface area contributed by atoms with E-state index in [4.69, 9.17) is 15.2 Å². The van der Waals surface area contributed by atoms with Gasteiger partial charge in [0.1, 0.15) is 18.9 Å². The molecule has 8 heteroatoms. The van der Waals surface area contributed by atoms with Crippen LogP contribution in [0, 0.1) is 0 Å². The third kappa shape index (κ3) is 6.46. The van der Waals surface area contributed by atoms with Gasteiger partial charge in [-0.05, 0) is 42.8 Å². The fraction of sp³-hybridized carbons (Fsp3) is 0.571. The fourth-order valence-corrected chi connectivity index (χ4v) is 1.89. The van der Waals surface area contributed by atoms with Crippen LogP contribution in [0.3, 0.4) is 0 Å². The maximum atomic E-state index is 12.6. The molecule has 1 amide bonds. The highest BCUT2D eigenvalue weighted by molar-refractivity contribution is 9.10. The van der Waals surface area contributed by atoms with Gasteiger partial charge in [0, 0.05) is 10.7 Å². The highest BCUT2D eigenvalue weighted by Crippen LogP contribution is 2.21. The molecule has 22 heavy (non-hydrogen) atoms. The lowest BCUT2D eigenvalue weighted by molar-refractivity contribution is 0.0214. The largest absolute Gasteiger partial charge is 0.474 e. The number of aromatic nitrogens is 1. The summed E-state index contributed by atoms with van der Waals surface area (Å²) in [6, 6.07) is 1.66. The molecule has 0 aliphatic rings. The summed E-state index contributed by atoms with van der Waals surface area (Å²) in [5.41, 5.74) is 5.50. The number of ether oxygens (including phenoxy) is 2. The minimum absolute atomic E-state index is 0.0540. The van der Waals surface area contributed by atoms with Crippen LogP contribution in [-0.4, -0.2) is 47.9 Å². The van der Waals surface area contributed by atoms with Crippen molar-refractivity contribution in [1.82, 2.24) is 9.88 Å². The quantitative estimate of drug-likeness (QED) is 0.824. The van der Waals surface area contributed by atoms with Gasteiger partial charge in [-0.1, -0.05) is 0 Å². The van der Waals surface area contributed by atoms with Crippen molar-refractivity contribution in [3.63, 3.8) is 0 Å². The second-order valence-corrected chi connectivity index (χ2v) is 6.47. The molecule has 0 saturated heterocycles. The van der Waals surface area contributed by atoms with Crippen molar-refractivity contribution < 1.29 is 18.7 Å². The van der Waals surface area contributed by atoms with Gasteiger partial charge in [-0.2, -0.15) is 0 Å². The zero-order chi connectivity index (χ0) is 16.8. The number of amides is 1. The number of alkyl halides is 1. The number of nitrogens with two attached hydrogens (primary N) is 1. The predicted octanol–water partition coefficient (Wildman–Crippen LogP) is 3.01. The minimum Gasteiger partial charge on any atom is -0.474 e. The molecule has 6 nitrogen and oxygen atoms in total. The fourth-order valence-electron chi connectivity index (χ4n) is 1.54. The van der Waals surface area contributed by atoms with Gasteiger partial charge in [0.2, 0.25) is 5.88 Å². The number of nitrogen functional groups attached to an aromatic ring is 1. The Morgan fingerprint density at radius 1 is 1.45 bits per heavy atom. The SMILES string of the molecule is CC(C)(C)OC(=O)N(CCF)CCOc1ncc(Br)cc1N. The predicted molar refractivity (Wildman–Crippen MR) is 85.6 cm³/mol. The third-order valence-corrected chi connectivity index (χ3v) is 2.89. The molecule has 0 saturated carbocycles. The summed E-state index contributed by atoms with van der Waals surface area (Å²) < 4.78 is 23.9. The van der Waals surface area contributed by atoms with Crippen molar-refractivity contribution in [2.24, 2.45) is 0 Å². The van der Waals surface area contributed by atoms with E-state index in [-0.39, 0.29) is 25.6 Å². The molecule has 1 aromatic rings. The van der Waals surface area contributed by atoms with Crippen molar-refractivity contribution in [3.05, 3.63) is 16.7 Å². The number of pyridine rings is 1. The Balaban J connectivity index is 2.55. The Kier molecular flexibility index (Phi) is 6.86. The molecular formula is C14H21BrFN3O3. The number of carbonyl (C=O) groups excluding carboxylic acids is 1. The summed E-state index contributed by atoms with van der Waals surface area (Å²) in [6.45, 7) is 4.86. The smallest absolute Gasteiger partial charge is 0.410 e. The van der Waals surface area contributed by atoms with Gasteiger partial charge in [-0.15, -0.1) is 0 Å². The first-order valence-electron chi connectivity index (χ1n) is 6.80. The molecule has 2 N–H and O–H groups in total. The van der Waals surface area contributed by atoms with Gasteiger partial charge in [-0.3, -0.25) is 0 Å². The van der Waals surface area contributed by atoms with E-state index in [0.717, 1.165) is 4.47 Å². The summed E-state index contributed by atoms with van der Waals surface area (Å²) in [7, 11) is 0. The van der Waals surface area contributed by atoms with Crippen LogP contribution in [0.25, 0.3) is 0 Å². The lowest BCUT2D eigenvalue weighted by Gasteiger charge is -2.26. The number of nitrogens with zero attached hydrogens (tertiary/aromatic N) is 2. The molecule has 0 fully saturated rings. The van der Waals surface area contributed by atoms with E-state index in [1.54, 1.807) is 33.0 Å². The first kappa shape index (κ1) is 18.5. The van der Waals surface area contributed by atoms with Crippen molar-refractivity contribution >= 4 is 27.7 Å². The van der Waals surface area contributed by atoms with E-state index >= 15 is 0 Å². The van der Waals surface area contributed by atoms with Gasteiger partial charge in [0.25, 0.3) is 0 Å². The number of halogens is 2. The normalized spacial score (nSPS) is 11.1. The Morgan fingerprint density at radius 3 is 2.68 bits per heavy atom. The van der Waals surface area contributed by atoms with Crippen LogP contribution in [0.4, 0.5) is 14.9 Å². The van der Waals surface area contributed by atoms with Gasteiger partial charge >= 0.3 is 6.09 Å². The van der Waals surface area contributed by atoms with E-state index in [1.807, 2.05) is 0 Å². The minimum atomic E-state index is -0.655. The molecule has 0 aliphatic carbocycles. The van der Waals surface area contributed by atoms with Crippen LogP contribution < -0.4 is 10.5 Å². The summed E-state index contributed by atoms with van der Waals surface area (Å²) in [5, 5.41) is 0. The monoisotopic (exact) mass is 377 g/mol. The molecular weight excluding hydrogens is 357 g/mol. The topological polar surface area (TPSA) is 77.7 Å². The van der Waals surface area contributed by atoms with Crippen LogP contribution >= 0.6 is 15.9 Å². The zero-order valence-electron chi connectivity index (χ0n) is 12.9. The van der Waals surface area contributed by atoms with Crippen LogP contribution in [-0.2, 0) is 4.74 Å². The standard InChI is InChI=1S/C14H21BrFN3O3/c1-14(2,3)22-13(20)19(5-4-16)6-7-21-12-11(17)8-10(15)9-18-12/h8-9H,4-7,17H2,1-3H3. The Labute approximate surface area is 137 Å². The highest BCUT2D eigenvalue weighted by Gasteiger charge is 2.22. The van der Waals surface area contributed by atoms with Crippen LogP contribution in [0.2, 0.25) is 0 Å². The van der Waals surface area contributed by atoms with Gasteiger partial charge in [0.05, 0.1) is 18.8 Å². The molecule has 0 aromatic carbocycles. The number of hydrogen-bond acceptors (Lipinski definition) is 5. The molecule has 1 rings (SSSR count). The van der Waals surface area contributed by atoms with Crippen LogP contribution in [0.15, 0.2) is 16.7 Å². The summed E-state index contributed by atoms with van der Waals surface area (Å²) in [6.07, 6.45) is 0.976. The second kappa shape index (κ2) is 8.17. The Hall–Kier alpha value is -1.57. The first-order valence-corrected chi connectivity index (χ1v) is 7.60. The second-order valence-electron chi connectivity index (χ2n) is 5.55. The lowest BCUT2D eigenvalue weighted by atomic mass is 10.2. The molecule has 0 bridgehead atoms. The third-order valence-electron chi connectivity index (χ3n) is 2.45. The summed E-state index contributed by atoms with van der Waals surface area (Å²) >= 11 is 3.25. The van der Waals surface area contributed by atoms with E-state index in [0.29, 0.717) is 5.69 Å². The average Bonchev–Trinajstić information content (AvgIpc) is 2.38. The van der Waals surface area contributed by atoms with Gasteiger partial charge < -0.3 is 20.1 Å². The molecule has 0 atom stereocenters. The summed E-state index contributed by atoms with van der Waals surface area (Å²) in [4.78, 5) is 17.2. The molecule has 1 aromatic heterocycles. The Bertz CT molecular complexity index is 509. The number of rotatable bonds is 6. The van der Waals surface area contributed by atoms with E-state index in [9.17, 15) is 9.18 Å². The molecule has 1 heterocycles. The van der Waals surface area contributed by atoms with Crippen molar-refractivity contribution in [3.8, 4) is 5.88 Å². The summed E-state index contributed by atoms with van der Waals surface area (Å²) in [5.74, 6) is 0.271. The van der Waals surface area contributed by atoms with E-state index in [1.165, 1.54) is 4.90 Å². The van der Waals surface area contributed by atoms with Gasteiger partial charge in [-0.25, -0.2) is 14.2 Å². The number of carbonyl (C=O) groups is 1. The van der Waals surface area contributed by atoms with Crippen LogP contribution in [0.5, 0.6) is 5.88 Å². The maximum absolute atomic E-state index is 12.6. The first-order chi connectivity index (χ1) is 10.2. The highest BCUT2D eigenvalue weighted by atomic mass is 79.9. The number of anilines is 1. The van der Waals surface area contributed by atoms with Crippen LogP contribution in [0.1, 0.15) is 20.8 Å². The molecule has 0 unspecified atom stereocenters. The van der Waals surface area contributed by atoms with Crippen molar-refractivity contribution in [2.45, 2.75) is 26.4 Å². The van der Waals surface area contributed by atoms with Crippen molar-refractivity contribution in [1.29, 1.82) is 0 Å². The number of hydrogen-bond donors (Lipinski definition) is 1. The molecule has 124 valence electrons. The van der Waals surface area contributed by atoms with Crippen molar-refractivity contribution in [2.75, 3.05) is 32.1 Å². The average molecular weight is 378 g/mol. The zero-order valence-corrected chi connectivity index (χ0v) is 14.5. The molecule has 0 aliphatic heterocycles. The lowest BCUT2D eigenvalue weighted by Crippen LogP contribution is -2.40. The maximum Gasteiger partial charge on any atom is 0.410 e.